The quantitative estimate of drug-likeness (QED) is 0.545. The number of fused-ring (bicyclic) bond motifs is 2. The van der Waals surface area contributed by atoms with Gasteiger partial charge in [0.25, 0.3) is 5.56 Å². The third-order valence-electron chi connectivity index (χ3n) is 5.44. The zero-order valence-electron chi connectivity index (χ0n) is 19.0. The number of carbonyl (C=O) groups excluding carboxylic acids is 1. The lowest BCUT2D eigenvalue weighted by atomic mass is 10.1. The highest BCUT2D eigenvalue weighted by atomic mass is 16.7. The van der Waals surface area contributed by atoms with Crippen molar-refractivity contribution in [2.45, 2.75) is 13.0 Å². The van der Waals surface area contributed by atoms with E-state index in [0.29, 0.717) is 40.6 Å². The van der Waals surface area contributed by atoms with Crippen LogP contribution in [0.4, 0.5) is 10.5 Å². The number of aromatic nitrogens is 1. The molecule has 2 amide bonds. The van der Waals surface area contributed by atoms with Crippen molar-refractivity contribution in [3.05, 3.63) is 58.4 Å². The lowest BCUT2D eigenvalue weighted by Crippen LogP contribution is -2.37. The van der Waals surface area contributed by atoms with E-state index in [1.165, 1.54) is 0 Å². The second-order valence-corrected chi connectivity index (χ2v) is 8.15. The Labute approximate surface area is 191 Å². The zero-order chi connectivity index (χ0) is 23.4. The van der Waals surface area contributed by atoms with Gasteiger partial charge in [-0.2, -0.15) is 0 Å². The number of hydrogen-bond acceptors (Lipinski definition) is 6. The number of urea groups is 1. The lowest BCUT2D eigenvalue weighted by Gasteiger charge is -2.24. The van der Waals surface area contributed by atoms with E-state index in [1.54, 1.807) is 48.4 Å². The van der Waals surface area contributed by atoms with Crippen LogP contribution in [-0.4, -0.2) is 61.9 Å². The summed E-state index contributed by atoms with van der Waals surface area (Å²) in [6.45, 7) is 1.66. The molecule has 0 atom stereocenters. The average molecular weight is 453 g/mol. The van der Waals surface area contributed by atoms with Gasteiger partial charge in [0, 0.05) is 29.2 Å². The minimum atomic E-state index is -0.274. The number of carbonyl (C=O) groups is 1. The van der Waals surface area contributed by atoms with Crippen LogP contribution in [0.3, 0.4) is 0 Å². The number of H-pyrrole nitrogens is 1. The maximum Gasteiger partial charge on any atom is 0.322 e. The van der Waals surface area contributed by atoms with Gasteiger partial charge in [0.05, 0.1) is 19.2 Å². The largest absolute Gasteiger partial charge is 0.497 e. The molecule has 0 unspecified atom stereocenters. The van der Waals surface area contributed by atoms with Crippen LogP contribution in [0.5, 0.6) is 17.2 Å². The van der Waals surface area contributed by atoms with Crippen LogP contribution in [0.2, 0.25) is 0 Å². The molecule has 0 saturated heterocycles. The van der Waals surface area contributed by atoms with Gasteiger partial charge >= 0.3 is 6.03 Å². The van der Waals surface area contributed by atoms with Crippen LogP contribution in [0.1, 0.15) is 12.0 Å². The Hall–Kier alpha value is -3.72. The first-order valence-corrected chi connectivity index (χ1v) is 10.7. The molecule has 0 radical (unpaired) electrons. The fraction of sp³-hybridized carbons (Fsp3) is 0.333. The van der Waals surface area contributed by atoms with Gasteiger partial charge in [-0.25, -0.2) is 4.79 Å². The Kier molecular flexibility index (Phi) is 6.69. The summed E-state index contributed by atoms with van der Waals surface area (Å²) in [5, 5.41) is 3.73. The Morgan fingerprint density at radius 3 is 2.52 bits per heavy atom. The monoisotopic (exact) mass is 452 g/mol. The number of ether oxygens (including phenoxy) is 3. The summed E-state index contributed by atoms with van der Waals surface area (Å²) < 4.78 is 16.0. The molecular weight excluding hydrogens is 424 g/mol. The molecule has 3 aromatic rings. The summed E-state index contributed by atoms with van der Waals surface area (Å²) in [6, 6.07) is 12.2. The number of aromatic amines is 1. The first-order valence-electron chi connectivity index (χ1n) is 10.7. The van der Waals surface area contributed by atoms with E-state index in [4.69, 9.17) is 14.2 Å². The van der Waals surface area contributed by atoms with Crippen molar-refractivity contribution in [2.75, 3.05) is 46.4 Å². The topological polar surface area (TPSA) is 96.1 Å². The van der Waals surface area contributed by atoms with Crippen LogP contribution >= 0.6 is 0 Å². The lowest BCUT2D eigenvalue weighted by molar-refractivity contribution is 0.174. The van der Waals surface area contributed by atoms with Crippen molar-refractivity contribution < 1.29 is 19.0 Å². The molecule has 2 aromatic carbocycles. The van der Waals surface area contributed by atoms with Gasteiger partial charge in [-0.3, -0.25) is 4.79 Å². The number of methoxy groups -OCH3 is 1. The van der Waals surface area contributed by atoms with Crippen LogP contribution in [0, 0.1) is 0 Å². The molecule has 2 heterocycles. The Bertz CT molecular complexity index is 1190. The van der Waals surface area contributed by atoms with Crippen molar-refractivity contribution in [1.82, 2.24) is 14.8 Å². The standard InChI is InChI=1S/C24H28N4O5/c1-27(2)9-4-10-28(24(30)25-18-5-7-19(31-3)8-6-18)14-17-11-16-12-21-22(33-15-32-21)13-20(16)26-23(17)29/h5-8,11-13H,4,9-10,14-15H2,1-3H3,(H,25,30)(H,26,29). The van der Waals surface area contributed by atoms with Crippen LogP contribution in [0.15, 0.2) is 47.3 Å². The SMILES string of the molecule is COc1ccc(NC(=O)N(CCCN(C)C)Cc2cc3cc4c(cc3[nH]c2=O)OCO4)cc1. The highest BCUT2D eigenvalue weighted by molar-refractivity contribution is 5.89. The fourth-order valence-electron chi connectivity index (χ4n) is 3.67. The molecule has 1 aromatic heterocycles. The molecule has 1 aliphatic rings. The number of benzene rings is 2. The molecule has 33 heavy (non-hydrogen) atoms. The highest BCUT2D eigenvalue weighted by Gasteiger charge is 2.19. The summed E-state index contributed by atoms with van der Waals surface area (Å²) in [4.78, 5) is 32.5. The molecule has 9 nitrogen and oxygen atoms in total. The summed E-state index contributed by atoms with van der Waals surface area (Å²) in [7, 11) is 5.56. The minimum Gasteiger partial charge on any atom is -0.497 e. The molecule has 0 bridgehead atoms. The van der Waals surface area contributed by atoms with E-state index in [9.17, 15) is 9.59 Å². The van der Waals surface area contributed by atoms with Gasteiger partial charge in [-0.05, 0) is 63.5 Å². The molecule has 0 saturated carbocycles. The first kappa shape index (κ1) is 22.5. The van der Waals surface area contributed by atoms with Gasteiger partial charge < -0.3 is 34.3 Å². The first-order chi connectivity index (χ1) is 15.9. The van der Waals surface area contributed by atoms with E-state index in [2.05, 4.69) is 15.2 Å². The van der Waals surface area contributed by atoms with Gasteiger partial charge in [0.2, 0.25) is 6.79 Å². The number of amides is 2. The molecule has 174 valence electrons. The number of pyridine rings is 1. The number of nitrogens with one attached hydrogen (secondary N) is 2. The Morgan fingerprint density at radius 1 is 1.09 bits per heavy atom. The molecule has 2 N–H and O–H groups in total. The van der Waals surface area contributed by atoms with Crippen molar-refractivity contribution in [3.63, 3.8) is 0 Å². The second kappa shape index (κ2) is 9.83. The maximum atomic E-state index is 13.1. The molecule has 0 fully saturated rings. The van der Waals surface area contributed by atoms with E-state index in [1.807, 2.05) is 20.2 Å². The number of hydrogen-bond donors (Lipinski definition) is 2. The summed E-state index contributed by atoms with van der Waals surface area (Å²) in [5.41, 5.74) is 1.57. The highest BCUT2D eigenvalue weighted by Crippen LogP contribution is 2.35. The number of rotatable bonds is 8. The van der Waals surface area contributed by atoms with E-state index >= 15 is 0 Å². The Morgan fingerprint density at radius 2 is 1.82 bits per heavy atom. The third-order valence-corrected chi connectivity index (χ3v) is 5.44. The fourth-order valence-corrected chi connectivity index (χ4v) is 3.67. The summed E-state index contributed by atoms with van der Waals surface area (Å²) in [6.07, 6.45) is 0.771. The number of anilines is 1. The predicted octanol–water partition coefficient (Wildman–Crippen LogP) is 3.25. The molecule has 0 spiro atoms. The van der Waals surface area contributed by atoms with Crippen molar-refractivity contribution in [1.29, 1.82) is 0 Å². The molecular formula is C24H28N4O5. The van der Waals surface area contributed by atoms with Gasteiger partial charge in [0.1, 0.15) is 5.75 Å². The van der Waals surface area contributed by atoms with Crippen molar-refractivity contribution in [3.8, 4) is 17.2 Å². The zero-order valence-corrected chi connectivity index (χ0v) is 19.0. The normalized spacial score (nSPS) is 12.2. The molecule has 0 aliphatic carbocycles. The van der Waals surface area contributed by atoms with Crippen LogP contribution in [0.25, 0.3) is 10.9 Å². The van der Waals surface area contributed by atoms with E-state index < -0.39 is 0 Å². The smallest absolute Gasteiger partial charge is 0.322 e. The van der Waals surface area contributed by atoms with Gasteiger partial charge in [-0.15, -0.1) is 0 Å². The molecule has 4 rings (SSSR count). The maximum absolute atomic E-state index is 13.1. The third kappa shape index (κ3) is 5.38. The number of nitrogens with zero attached hydrogens (tertiary/aromatic N) is 2. The Balaban J connectivity index is 1.56. The van der Waals surface area contributed by atoms with E-state index in [-0.39, 0.29) is 24.9 Å². The van der Waals surface area contributed by atoms with Gasteiger partial charge in [-0.1, -0.05) is 0 Å². The second-order valence-electron chi connectivity index (χ2n) is 8.15. The average Bonchev–Trinajstić information content (AvgIpc) is 3.24. The van der Waals surface area contributed by atoms with Crippen LogP contribution < -0.4 is 25.1 Å². The van der Waals surface area contributed by atoms with Crippen molar-refractivity contribution in [2.24, 2.45) is 0 Å². The van der Waals surface area contributed by atoms with Crippen LogP contribution in [-0.2, 0) is 6.54 Å². The van der Waals surface area contributed by atoms with Gasteiger partial charge in [0.15, 0.2) is 11.5 Å². The summed E-state index contributed by atoms with van der Waals surface area (Å²) in [5.74, 6) is 1.95. The van der Waals surface area contributed by atoms with E-state index in [0.717, 1.165) is 18.4 Å². The predicted molar refractivity (Wildman–Crippen MR) is 126 cm³/mol. The van der Waals surface area contributed by atoms with Crippen molar-refractivity contribution >= 4 is 22.6 Å². The molecule has 9 heteroatoms. The minimum absolute atomic E-state index is 0.161. The molecule has 1 aliphatic heterocycles. The summed E-state index contributed by atoms with van der Waals surface area (Å²) >= 11 is 0.